The van der Waals surface area contributed by atoms with Gasteiger partial charge in [0.25, 0.3) is 5.91 Å². The van der Waals surface area contributed by atoms with E-state index in [1.807, 2.05) is 24.3 Å². The van der Waals surface area contributed by atoms with Crippen molar-refractivity contribution in [2.45, 2.75) is 26.2 Å². The fourth-order valence-corrected chi connectivity index (χ4v) is 2.41. The molecule has 2 rings (SSSR count). The second-order valence-corrected chi connectivity index (χ2v) is 6.65. The lowest BCUT2D eigenvalue weighted by Crippen LogP contribution is -2.30. The van der Waals surface area contributed by atoms with Gasteiger partial charge in [0.05, 0.1) is 0 Å². The minimum absolute atomic E-state index is 0.0356. The van der Waals surface area contributed by atoms with Crippen molar-refractivity contribution in [3.8, 4) is 5.75 Å². The van der Waals surface area contributed by atoms with Crippen LogP contribution >= 0.6 is 15.9 Å². The maximum atomic E-state index is 11.8. The molecule has 1 N–H and O–H groups in total. The third kappa shape index (κ3) is 6.06. The summed E-state index contributed by atoms with van der Waals surface area (Å²) in [5.74, 6) is 1.12. The molecule has 23 heavy (non-hydrogen) atoms. The Morgan fingerprint density at radius 3 is 2.35 bits per heavy atom. The summed E-state index contributed by atoms with van der Waals surface area (Å²) >= 11 is 3.36. The van der Waals surface area contributed by atoms with Crippen molar-refractivity contribution >= 4 is 21.8 Å². The zero-order valence-corrected chi connectivity index (χ0v) is 15.1. The van der Waals surface area contributed by atoms with Gasteiger partial charge in [0.2, 0.25) is 0 Å². The molecular formula is C19H22BrNO2. The highest BCUT2D eigenvalue weighted by molar-refractivity contribution is 9.10. The van der Waals surface area contributed by atoms with Crippen LogP contribution in [0.3, 0.4) is 0 Å². The van der Waals surface area contributed by atoms with Gasteiger partial charge in [-0.3, -0.25) is 4.79 Å². The molecule has 2 aromatic rings. The van der Waals surface area contributed by atoms with Gasteiger partial charge < -0.3 is 10.1 Å². The van der Waals surface area contributed by atoms with E-state index in [9.17, 15) is 4.79 Å². The molecular weight excluding hydrogens is 354 g/mol. The summed E-state index contributed by atoms with van der Waals surface area (Å²) in [5, 5.41) is 2.88. The Morgan fingerprint density at radius 2 is 1.74 bits per heavy atom. The molecule has 0 saturated carbocycles. The molecule has 0 radical (unpaired) electrons. The monoisotopic (exact) mass is 375 g/mol. The fraction of sp³-hybridized carbons (Fsp3) is 0.316. The van der Waals surface area contributed by atoms with Crippen LogP contribution in [-0.4, -0.2) is 19.1 Å². The number of benzene rings is 2. The van der Waals surface area contributed by atoms with Crippen molar-refractivity contribution in [3.05, 3.63) is 64.1 Å². The maximum Gasteiger partial charge on any atom is 0.257 e. The minimum Gasteiger partial charge on any atom is -0.484 e. The Kier molecular flexibility index (Phi) is 6.66. The summed E-state index contributed by atoms with van der Waals surface area (Å²) in [4.78, 5) is 11.8. The third-order valence-electron chi connectivity index (χ3n) is 3.57. The molecule has 0 aliphatic rings. The first-order valence-corrected chi connectivity index (χ1v) is 8.58. The van der Waals surface area contributed by atoms with Crippen molar-refractivity contribution in [3.63, 3.8) is 0 Å². The first kappa shape index (κ1) is 17.5. The van der Waals surface area contributed by atoms with E-state index in [1.165, 1.54) is 11.1 Å². The molecule has 0 fully saturated rings. The van der Waals surface area contributed by atoms with Gasteiger partial charge in [-0.05, 0) is 47.7 Å². The van der Waals surface area contributed by atoms with E-state index in [0.717, 1.165) is 10.9 Å². The van der Waals surface area contributed by atoms with Gasteiger partial charge in [0.1, 0.15) is 5.75 Å². The van der Waals surface area contributed by atoms with Gasteiger partial charge in [0.15, 0.2) is 6.61 Å². The van der Waals surface area contributed by atoms with Crippen LogP contribution in [-0.2, 0) is 11.2 Å². The predicted molar refractivity (Wildman–Crippen MR) is 96.9 cm³/mol. The van der Waals surface area contributed by atoms with Crippen LogP contribution in [0.5, 0.6) is 5.75 Å². The Balaban J connectivity index is 1.69. The molecule has 0 unspecified atom stereocenters. The molecule has 0 atom stereocenters. The van der Waals surface area contributed by atoms with Crippen LogP contribution in [0, 0.1) is 0 Å². The minimum atomic E-state index is -0.105. The van der Waals surface area contributed by atoms with Crippen LogP contribution in [0.1, 0.15) is 30.9 Å². The topological polar surface area (TPSA) is 38.3 Å². The SMILES string of the molecule is CC(C)c1ccc(CCNC(=O)COc2ccc(Br)cc2)cc1. The number of hydrogen-bond acceptors (Lipinski definition) is 2. The molecule has 122 valence electrons. The lowest BCUT2D eigenvalue weighted by atomic mass is 10.0. The number of carbonyl (C=O) groups is 1. The summed E-state index contributed by atoms with van der Waals surface area (Å²) in [6.07, 6.45) is 0.822. The zero-order chi connectivity index (χ0) is 16.7. The van der Waals surface area contributed by atoms with E-state index >= 15 is 0 Å². The second-order valence-electron chi connectivity index (χ2n) is 5.74. The number of amides is 1. The van der Waals surface area contributed by atoms with Crippen LogP contribution in [0.2, 0.25) is 0 Å². The fourth-order valence-electron chi connectivity index (χ4n) is 2.15. The predicted octanol–water partition coefficient (Wildman–Crippen LogP) is 4.31. The van der Waals surface area contributed by atoms with Crippen LogP contribution < -0.4 is 10.1 Å². The molecule has 0 spiro atoms. The van der Waals surface area contributed by atoms with Crippen molar-refractivity contribution < 1.29 is 9.53 Å². The molecule has 2 aromatic carbocycles. The summed E-state index contributed by atoms with van der Waals surface area (Å²) in [6.45, 7) is 5.01. The average molecular weight is 376 g/mol. The quantitative estimate of drug-likeness (QED) is 0.782. The van der Waals surface area contributed by atoms with Gasteiger partial charge in [-0.25, -0.2) is 0 Å². The molecule has 0 aromatic heterocycles. The number of carbonyl (C=O) groups excluding carboxylic acids is 1. The van der Waals surface area contributed by atoms with Gasteiger partial charge >= 0.3 is 0 Å². The second kappa shape index (κ2) is 8.73. The molecule has 0 saturated heterocycles. The standard InChI is InChI=1S/C19H22BrNO2/c1-14(2)16-5-3-15(4-6-16)11-12-21-19(22)13-23-18-9-7-17(20)8-10-18/h3-10,14H,11-13H2,1-2H3,(H,21,22). The van der Waals surface area contributed by atoms with Gasteiger partial charge in [-0.2, -0.15) is 0 Å². The number of nitrogens with one attached hydrogen (secondary N) is 1. The van der Waals surface area contributed by atoms with Crippen molar-refractivity contribution in [2.75, 3.05) is 13.2 Å². The average Bonchev–Trinajstić information content (AvgIpc) is 2.55. The normalized spacial score (nSPS) is 10.6. The molecule has 1 amide bonds. The van der Waals surface area contributed by atoms with Crippen molar-refractivity contribution in [1.29, 1.82) is 0 Å². The number of ether oxygens (including phenoxy) is 1. The highest BCUT2D eigenvalue weighted by atomic mass is 79.9. The van der Waals surface area contributed by atoms with Gasteiger partial charge in [0, 0.05) is 11.0 Å². The number of rotatable bonds is 7. The first-order chi connectivity index (χ1) is 11.0. The molecule has 0 bridgehead atoms. The van der Waals surface area contributed by atoms with Gasteiger partial charge in [-0.15, -0.1) is 0 Å². The lowest BCUT2D eigenvalue weighted by Gasteiger charge is -2.09. The van der Waals surface area contributed by atoms with E-state index in [4.69, 9.17) is 4.74 Å². The molecule has 0 aliphatic carbocycles. The highest BCUT2D eigenvalue weighted by Gasteiger charge is 2.03. The first-order valence-electron chi connectivity index (χ1n) is 7.78. The highest BCUT2D eigenvalue weighted by Crippen LogP contribution is 2.16. The summed E-state index contributed by atoms with van der Waals surface area (Å²) in [6, 6.07) is 16.0. The van der Waals surface area contributed by atoms with Crippen LogP contribution in [0.25, 0.3) is 0 Å². The van der Waals surface area contributed by atoms with Crippen molar-refractivity contribution in [1.82, 2.24) is 5.32 Å². The molecule has 0 aliphatic heterocycles. The smallest absolute Gasteiger partial charge is 0.257 e. The van der Waals surface area contributed by atoms with E-state index in [2.05, 4.69) is 59.4 Å². The Morgan fingerprint density at radius 1 is 1.09 bits per heavy atom. The summed E-state index contributed by atoms with van der Waals surface area (Å²) in [7, 11) is 0. The van der Waals surface area contributed by atoms with E-state index in [1.54, 1.807) is 0 Å². The van der Waals surface area contributed by atoms with E-state index in [0.29, 0.717) is 18.2 Å². The number of hydrogen-bond donors (Lipinski definition) is 1. The van der Waals surface area contributed by atoms with E-state index in [-0.39, 0.29) is 12.5 Å². The largest absolute Gasteiger partial charge is 0.484 e. The zero-order valence-electron chi connectivity index (χ0n) is 13.5. The molecule has 3 nitrogen and oxygen atoms in total. The van der Waals surface area contributed by atoms with E-state index < -0.39 is 0 Å². The number of halogens is 1. The van der Waals surface area contributed by atoms with Crippen molar-refractivity contribution in [2.24, 2.45) is 0 Å². The van der Waals surface area contributed by atoms with Crippen LogP contribution in [0.15, 0.2) is 53.0 Å². The Hall–Kier alpha value is -1.81. The molecule has 0 heterocycles. The lowest BCUT2D eigenvalue weighted by molar-refractivity contribution is -0.123. The summed E-state index contributed by atoms with van der Waals surface area (Å²) in [5.41, 5.74) is 2.56. The van der Waals surface area contributed by atoms with Crippen LogP contribution in [0.4, 0.5) is 0 Å². The summed E-state index contributed by atoms with van der Waals surface area (Å²) < 4.78 is 6.42. The molecule has 4 heteroatoms. The Labute approximate surface area is 146 Å². The maximum absolute atomic E-state index is 11.8. The van der Waals surface area contributed by atoms with Gasteiger partial charge in [-0.1, -0.05) is 54.0 Å². The third-order valence-corrected chi connectivity index (χ3v) is 4.09. The Bertz CT molecular complexity index is 621.